The van der Waals surface area contributed by atoms with Crippen molar-refractivity contribution in [3.05, 3.63) is 59.7 Å². The number of hydrogen-bond acceptors (Lipinski definition) is 5. The van der Waals surface area contributed by atoms with Gasteiger partial charge >= 0.3 is 0 Å². The van der Waals surface area contributed by atoms with Crippen LogP contribution in [0.2, 0.25) is 0 Å². The molecule has 3 saturated heterocycles. The smallest absolute Gasteiger partial charge is 0.241 e. The molecule has 34 heavy (non-hydrogen) atoms. The molecule has 3 heterocycles. The summed E-state index contributed by atoms with van der Waals surface area (Å²) in [5.74, 6) is 0.245. The topological polar surface area (TPSA) is 93.7 Å². The Hall–Kier alpha value is -3.21. The van der Waals surface area contributed by atoms with Crippen molar-refractivity contribution in [1.82, 2.24) is 14.7 Å². The fourth-order valence-corrected chi connectivity index (χ4v) is 6.61. The second-order valence-corrected chi connectivity index (χ2v) is 10.3. The minimum Gasteiger partial charge on any atom is -0.326 e. The molecule has 2 bridgehead atoms. The van der Waals surface area contributed by atoms with E-state index in [0.717, 1.165) is 13.0 Å². The molecule has 2 aromatic carbocycles. The van der Waals surface area contributed by atoms with Crippen LogP contribution in [0.15, 0.2) is 48.5 Å². The monoisotopic (exact) mass is 455 g/mol. The van der Waals surface area contributed by atoms with Crippen LogP contribution < -0.4 is 5.73 Å². The van der Waals surface area contributed by atoms with Crippen LogP contribution in [0.1, 0.15) is 36.9 Å². The van der Waals surface area contributed by atoms with Crippen molar-refractivity contribution in [1.29, 1.82) is 5.26 Å². The third-order valence-corrected chi connectivity index (χ3v) is 8.08. The van der Waals surface area contributed by atoms with E-state index < -0.39 is 12.1 Å². The normalized spacial score (nSPS) is 28.8. The van der Waals surface area contributed by atoms with Crippen molar-refractivity contribution < 1.29 is 9.59 Å². The first-order chi connectivity index (χ1) is 16.5. The number of piperazine rings is 1. The molecule has 3 aliphatic heterocycles. The quantitative estimate of drug-likeness (QED) is 0.762. The summed E-state index contributed by atoms with van der Waals surface area (Å²) in [6.07, 6.45) is 1.46. The van der Waals surface area contributed by atoms with Crippen molar-refractivity contribution in [2.45, 2.75) is 50.0 Å². The zero-order chi connectivity index (χ0) is 23.6. The lowest BCUT2D eigenvalue weighted by Crippen LogP contribution is -2.57. The molecule has 7 heteroatoms. The Labute approximate surface area is 199 Å². The molecule has 0 radical (unpaired) electrons. The van der Waals surface area contributed by atoms with Crippen LogP contribution in [0.4, 0.5) is 0 Å². The molecule has 4 unspecified atom stereocenters. The third kappa shape index (κ3) is 3.09. The number of likely N-dealkylation sites (tertiary alicyclic amines) is 3. The van der Waals surface area contributed by atoms with E-state index in [1.165, 1.54) is 22.3 Å². The molecule has 0 spiro atoms. The summed E-state index contributed by atoms with van der Waals surface area (Å²) in [7, 11) is 0. The highest BCUT2D eigenvalue weighted by Crippen LogP contribution is 2.50. The van der Waals surface area contributed by atoms with Gasteiger partial charge in [0.05, 0.1) is 24.2 Å². The predicted octanol–water partition coefficient (Wildman–Crippen LogP) is 2.13. The van der Waals surface area contributed by atoms with Crippen molar-refractivity contribution in [3.63, 3.8) is 0 Å². The molecule has 2 N–H and O–H groups in total. The number of nitrogens with two attached hydrogens (primary N) is 1. The van der Waals surface area contributed by atoms with Gasteiger partial charge < -0.3 is 15.5 Å². The zero-order valence-corrected chi connectivity index (χ0v) is 19.3. The molecular formula is C27H29N5O2. The first-order valence-electron chi connectivity index (χ1n) is 12.2. The molecule has 2 amide bonds. The highest BCUT2D eigenvalue weighted by atomic mass is 16.2. The van der Waals surface area contributed by atoms with Crippen LogP contribution in [0, 0.1) is 17.2 Å². The molecule has 0 saturated carbocycles. The van der Waals surface area contributed by atoms with Gasteiger partial charge in [0.15, 0.2) is 0 Å². The van der Waals surface area contributed by atoms with Crippen LogP contribution in [-0.4, -0.2) is 70.3 Å². The lowest BCUT2D eigenvalue weighted by molar-refractivity contribution is -0.140. The summed E-state index contributed by atoms with van der Waals surface area (Å²) in [5, 5.41) is 9.42. The number of nitriles is 1. The van der Waals surface area contributed by atoms with Crippen LogP contribution in [0.25, 0.3) is 11.1 Å². The van der Waals surface area contributed by atoms with E-state index in [1.807, 2.05) is 24.3 Å². The van der Waals surface area contributed by atoms with Gasteiger partial charge in [-0.15, -0.1) is 0 Å². The summed E-state index contributed by atoms with van der Waals surface area (Å²) in [6, 6.07) is 17.6. The zero-order valence-electron chi connectivity index (χ0n) is 19.3. The van der Waals surface area contributed by atoms with Crippen molar-refractivity contribution >= 4 is 11.8 Å². The van der Waals surface area contributed by atoms with E-state index in [2.05, 4.69) is 47.1 Å². The number of carbonyl (C=O) groups excluding carboxylic acids is 2. The lowest BCUT2D eigenvalue weighted by Gasteiger charge is -2.39. The molecule has 0 aromatic heterocycles. The lowest BCUT2D eigenvalue weighted by atomic mass is 10.0. The van der Waals surface area contributed by atoms with Gasteiger partial charge in [-0.3, -0.25) is 14.5 Å². The van der Waals surface area contributed by atoms with Gasteiger partial charge in [-0.1, -0.05) is 55.5 Å². The average molecular weight is 456 g/mol. The van der Waals surface area contributed by atoms with Gasteiger partial charge in [-0.05, 0) is 41.0 Å². The molecule has 6 rings (SSSR count). The summed E-state index contributed by atoms with van der Waals surface area (Å²) in [4.78, 5) is 32.4. The minimum absolute atomic E-state index is 0.0603. The number of nitrogens with zero attached hydrogens (tertiary/aromatic N) is 4. The van der Waals surface area contributed by atoms with E-state index in [9.17, 15) is 14.9 Å². The van der Waals surface area contributed by atoms with Crippen molar-refractivity contribution in [2.75, 3.05) is 19.6 Å². The SMILES string of the molecule is CC1CC(C#N)N(C(=O)C(N)CN2C[C@@H]3CC2C(=O)N3C2c3ccccc3-c3ccccc32)C1. The van der Waals surface area contributed by atoms with Crippen LogP contribution in [-0.2, 0) is 9.59 Å². The van der Waals surface area contributed by atoms with Gasteiger partial charge in [0.1, 0.15) is 6.04 Å². The Morgan fingerprint density at radius 2 is 1.74 bits per heavy atom. The van der Waals surface area contributed by atoms with Crippen LogP contribution >= 0.6 is 0 Å². The highest BCUT2D eigenvalue weighted by Gasteiger charge is 2.54. The molecule has 5 atom stereocenters. The minimum atomic E-state index is -0.727. The first kappa shape index (κ1) is 21.3. The number of fused-ring (bicyclic) bond motifs is 5. The van der Waals surface area contributed by atoms with E-state index in [-0.39, 0.29) is 29.9 Å². The Balaban J connectivity index is 1.20. The maximum atomic E-state index is 13.6. The molecule has 1 aliphatic carbocycles. The Kier molecular flexibility index (Phi) is 4.98. The largest absolute Gasteiger partial charge is 0.326 e. The van der Waals surface area contributed by atoms with Crippen molar-refractivity contribution in [2.24, 2.45) is 11.7 Å². The van der Waals surface area contributed by atoms with E-state index in [4.69, 9.17) is 5.73 Å². The first-order valence-corrected chi connectivity index (χ1v) is 12.2. The molecule has 174 valence electrons. The van der Waals surface area contributed by atoms with Gasteiger partial charge in [0.2, 0.25) is 11.8 Å². The molecule has 2 aromatic rings. The van der Waals surface area contributed by atoms with Gasteiger partial charge in [0.25, 0.3) is 0 Å². The molecule has 3 fully saturated rings. The number of benzene rings is 2. The Morgan fingerprint density at radius 1 is 1.09 bits per heavy atom. The summed E-state index contributed by atoms with van der Waals surface area (Å²) in [5.41, 5.74) is 11.1. The summed E-state index contributed by atoms with van der Waals surface area (Å²) >= 11 is 0. The predicted molar refractivity (Wildman–Crippen MR) is 127 cm³/mol. The van der Waals surface area contributed by atoms with Gasteiger partial charge in [-0.2, -0.15) is 5.26 Å². The van der Waals surface area contributed by atoms with Gasteiger partial charge in [0, 0.05) is 25.7 Å². The van der Waals surface area contributed by atoms with Crippen LogP contribution in [0.3, 0.4) is 0 Å². The Bertz CT molecular complexity index is 1160. The highest BCUT2D eigenvalue weighted by molar-refractivity contribution is 5.89. The fraction of sp³-hybridized carbons (Fsp3) is 0.444. The van der Waals surface area contributed by atoms with Crippen molar-refractivity contribution in [3.8, 4) is 17.2 Å². The Morgan fingerprint density at radius 3 is 2.35 bits per heavy atom. The molecule has 7 nitrogen and oxygen atoms in total. The summed E-state index contributed by atoms with van der Waals surface area (Å²) in [6.45, 7) is 3.69. The summed E-state index contributed by atoms with van der Waals surface area (Å²) < 4.78 is 0. The maximum absolute atomic E-state index is 13.6. The number of rotatable bonds is 4. The number of hydrogen-bond donors (Lipinski definition) is 1. The van der Waals surface area contributed by atoms with E-state index >= 15 is 0 Å². The fourth-order valence-electron chi connectivity index (χ4n) is 6.61. The van der Waals surface area contributed by atoms with E-state index in [0.29, 0.717) is 25.4 Å². The molecular weight excluding hydrogens is 426 g/mol. The van der Waals surface area contributed by atoms with Crippen LogP contribution in [0.5, 0.6) is 0 Å². The van der Waals surface area contributed by atoms with E-state index in [1.54, 1.807) is 4.90 Å². The third-order valence-electron chi connectivity index (χ3n) is 8.08. The second-order valence-electron chi connectivity index (χ2n) is 10.3. The standard InChI is InChI=1S/C27H29N5O2/c1-16-10-17(12-28)31(13-16)26(33)23(29)15-30-14-18-11-24(30)27(34)32(18)25-21-8-4-2-6-19(21)20-7-3-5-9-22(20)25/h2-9,16-18,23-25H,10-11,13-15,29H2,1H3/t16?,17?,18-,23?,24?/m0/s1. The number of carbonyl (C=O) groups is 2. The number of amides is 2. The maximum Gasteiger partial charge on any atom is 0.241 e. The second kappa shape index (κ2) is 7.93. The average Bonchev–Trinajstić information content (AvgIpc) is 3.59. The van der Waals surface area contributed by atoms with Gasteiger partial charge in [-0.25, -0.2) is 0 Å². The molecule has 4 aliphatic rings.